The lowest BCUT2D eigenvalue weighted by atomic mass is 9.97. The summed E-state index contributed by atoms with van der Waals surface area (Å²) >= 11 is 12.7. The molecule has 0 unspecified atom stereocenters. The topological polar surface area (TPSA) is 125 Å². The number of anilines is 1. The second-order valence-electron chi connectivity index (χ2n) is 9.80. The third-order valence-corrected chi connectivity index (χ3v) is 7.53. The molecule has 0 aliphatic heterocycles. The predicted molar refractivity (Wildman–Crippen MR) is 154 cm³/mol. The van der Waals surface area contributed by atoms with Crippen LogP contribution in [0.4, 0.5) is 10.5 Å². The van der Waals surface area contributed by atoms with E-state index in [9.17, 15) is 24.3 Å². The Morgan fingerprint density at radius 3 is 2.55 bits per heavy atom. The van der Waals surface area contributed by atoms with Gasteiger partial charge in [0.05, 0.1) is 39.7 Å². The number of benzene rings is 3. The summed E-state index contributed by atoms with van der Waals surface area (Å²) in [6.07, 6.45) is 1.25. The molecule has 0 saturated heterocycles. The van der Waals surface area contributed by atoms with Crippen molar-refractivity contribution in [2.45, 2.75) is 38.6 Å². The highest BCUT2D eigenvalue weighted by molar-refractivity contribution is 6.41. The summed E-state index contributed by atoms with van der Waals surface area (Å²) < 4.78 is 0. The summed E-state index contributed by atoms with van der Waals surface area (Å²) in [4.78, 5) is 50.2. The van der Waals surface area contributed by atoms with Gasteiger partial charge in [0.15, 0.2) is 5.78 Å². The first-order valence-electron chi connectivity index (χ1n) is 12.8. The van der Waals surface area contributed by atoms with Crippen LogP contribution in [0.2, 0.25) is 10.0 Å². The van der Waals surface area contributed by atoms with Crippen molar-refractivity contribution < 1.29 is 24.3 Å². The van der Waals surface area contributed by atoms with Gasteiger partial charge in [-0.15, -0.1) is 0 Å². The third-order valence-electron chi connectivity index (χ3n) is 6.82. The molecule has 8 nitrogen and oxygen atoms in total. The molecule has 2 atom stereocenters. The number of hydrogen-bond donors (Lipinski definition) is 4. The zero-order chi connectivity index (χ0) is 28.8. The summed E-state index contributed by atoms with van der Waals surface area (Å²) in [6.45, 7) is 1.65. The SMILES string of the molecule is Cc1cccc(CC(=O)Nc2ccc(Cl)c(C(=O)C[C@@H](CNC(=O)N[C@@H]3CCc4ccccc43)C(=O)O)c2Cl)c1. The van der Waals surface area contributed by atoms with Crippen LogP contribution in [0.5, 0.6) is 0 Å². The lowest BCUT2D eigenvalue weighted by Crippen LogP contribution is -2.41. The van der Waals surface area contributed by atoms with Crippen molar-refractivity contribution in [3.05, 3.63) is 98.5 Å². The van der Waals surface area contributed by atoms with E-state index in [2.05, 4.69) is 16.0 Å². The maximum absolute atomic E-state index is 13.2. The molecule has 0 aromatic heterocycles. The van der Waals surface area contributed by atoms with Gasteiger partial charge in [-0.2, -0.15) is 0 Å². The van der Waals surface area contributed by atoms with Crippen LogP contribution in [-0.4, -0.2) is 35.3 Å². The minimum atomic E-state index is -1.25. The van der Waals surface area contributed by atoms with Crippen molar-refractivity contribution in [2.75, 3.05) is 11.9 Å². The molecule has 3 aromatic rings. The maximum Gasteiger partial charge on any atom is 0.315 e. The van der Waals surface area contributed by atoms with Crippen molar-refractivity contribution in [2.24, 2.45) is 5.92 Å². The number of carbonyl (C=O) groups excluding carboxylic acids is 3. The fourth-order valence-corrected chi connectivity index (χ4v) is 5.44. The van der Waals surface area contributed by atoms with E-state index < -0.39 is 30.1 Å². The van der Waals surface area contributed by atoms with Crippen molar-refractivity contribution in [3.63, 3.8) is 0 Å². The Balaban J connectivity index is 1.38. The molecule has 0 fully saturated rings. The van der Waals surface area contributed by atoms with Crippen LogP contribution in [0.15, 0.2) is 60.7 Å². The Labute approximate surface area is 242 Å². The molecule has 0 radical (unpaired) electrons. The summed E-state index contributed by atoms with van der Waals surface area (Å²) in [7, 11) is 0. The Kier molecular flexibility index (Phi) is 9.45. The van der Waals surface area contributed by atoms with E-state index >= 15 is 0 Å². The van der Waals surface area contributed by atoms with E-state index in [1.54, 1.807) is 0 Å². The number of urea groups is 1. The van der Waals surface area contributed by atoms with E-state index in [1.165, 1.54) is 17.7 Å². The molecule has 0 heterocycles. The largest absolute Gasteiger partial charge is 0.481 e. The Hall–Kier alpha value is -3.88. The highest BCUT2D eigenvalue weighted by Gasteiger charge is 2.28. The number of amides is 3. The van der Waals surface area contributed by atoms with Gasteiger partial charge in [-0.1, -0.05) is 77.3 Å². The van der Waals surface area contributed by atoms with Gasteiger partial charge < -0.3 is 21.1 Å². The smallest absolute Gasteiger partial charge is 0.315 e. The first-order valence-corrected chi connectivity index (χ1v) is 13.6. The Morgan fingerprint density at radius 2 is 1.80 bits per heavy atom. The molecule has 4 rings (SSSR count). The lowest BCUT2D eigenvalue weighted by Gasteiger charge is -2.18. The fraction of sp³-hybridized carbons (Fsp3) is 0.267. The molecule has 1 aliphatic rings. The van der Waals surface area contributed by atoms with E-state index in [0.29, 0.717) is 0 Å². The summed E-state index contributed by atoms with van der Waals surface area (Å²) in [5, 5.41) is 17.8. The quantitative estimate of drug-likeness (QED) is 0.227. The highest BCUT2D eigenvalue weighted by Crippen LogP contribution is 2.34. The summed E-state index contributed by atoms with van der Waals surface area (Å²) in [5.41, 5.74) is 4.15. The first-order chi connectivity index (χ1) is 19.1. The Morgan fingerprint density at radius 1 is 1.02 bits per heavy atom. The van der Waals surface area contributed by atoms with Crippen LogP contribution >= 0.6 is 23.2 Å². The van der Waals surface area contributed by atoms with Crippen LogP contribution in [0.3, 0.4) is 0 Å². The first kappa shape index (κ1) is 29.1. The van der Waals surface area contributed by atoms with Crippen LogP contribution in [0, 0.1) is 12.8 Å². The van der Waals surface area contributed by atoms with E-state index in [4.69, 9.17) is 23.2 Å². The normalized spacial score (nSPS) is 14.6. The number of carboxylic acid groups (broad SMARTS) is 1. The number of fused-ring (bicyclic) bond motifs is 1. The average Bonchev–Trinajstić information content (AvgIpc) is 3.30. The van der Waals surface area contributed by atoms with Crippen molar-refractivity contribution in [3.8, 4) is 0 Å². The molecule has 0 bridgehead atoms. The molecule has 0 saturated carbocycles. The average molecular weight is 582 g/mol. The molecule has 3 amide bonds. The van der Waals surface area contributed by atoms with Gasteiger partial charge in [-0.3, -0.25) is 14.4 Å². The van der Waals surface area contributed by atoms with Crippen LogP contribution in [0.1, 0.15) is 51.5 Å². The number of aryl methyl sites for hydroxylation is 2. The van der Waals surface area contributed by atoms with Crippen molar-refractivity contribution in [1.29, 1.82) is 0 Å². The number of Topliss-reactive ketones (excluding diaryl/α,β-unsaturated/α-hetero) is 1. The van der Waals surface area contributed by atoms with Gasteiger partial charge >= 0.3 is 12.0 Å². The monoisotopic (exact) mass is 581 g/mol. The number of ketones is 1. The van der Waals surface area contributed by atoms with Crippen molar-refractivity contribution >= 4 is 52.6 Å². The number of carboxylic acids is 1. The number of hydrogen-bond acceptors (Lipinski definition) is 4. The van der Waals surface area contributed by atoms with Gasteiger partial charge in [0, 0.05) is 13.0 Å². The fourth-order valence-electron chi connectivity index (χ4n) is 4.81. The Bertz CT molecular complexity index is 1460. The van der Waals surface area contributed by atoms with Gasteiger partial charge in [0.25, 0.3) is 0 Å². The van der Waals surface area contributed by atoms with Gasteiger partial charge in [0.2, 0.25) is 5.91 Å². The molecule has 4 N–H and O–H groups in total. The maximum atomic E-state index is 13.2. The lowest BCUT2D eigenvalue weighted by molar-refractivity contribution is -0.141. The summed E-state index contributed by atoms with van der Waals surface area (Å²) in [6, 6.07) is 17.6. The predicted octanol–water partition coefficient (Wildman–Crippen LogP) is 5.74. The minimum absolute atomic E-state index is 0.0291. The number of nitrogens with one attached hydrogen (secondary N) is 3. The molecular weight excluding hydrogens is 553 g/mol. The number of aliphatic carboxylic acids is 1. The van der Waals surface area contributed by atoms with Crippen LogP contribution in [-0.2, 0) is 22.4 Å². The van der Waals surface area contributed by atoms with E-state index in [0.717, 1.165) is 29.5 Å². The van der Waals surface area contributed by atoms with Gasteiger partial charge in [-0.05, 0) is 48.6 Å². The van der Waals surface area contributed by atoms with E-state index in [1.807, 2.05) is 55.5 Å². The number of rotatable bonds is 10. The van der Waals surface area contributed by atoms with Crippen LogP contribution < -0.4 is 16.0 Å². The standard InChI is InChI=1S/C30H29Cl2N3O5/c1-17-5-4-6-18(13-17)14-26(37)34-24-12-10-22(31)27(28(24)32)25(36)15-20(29(38)39)16-33-30(40)35-23-11-9-19-7-2-3-8-21(19)23/h2-8,10,12-13,20,23H,9,11,14-16H2,1H3,(H,34,37)(H,38,39)(H2,33,35,40)/t20-,23+/m0/s1. The van der Waals surface area contributed by atoms with Gasteiger partial charge in [-0.25, -0.2) is 4.79 Å². The molecule has 208 valence electrons. The second kappa shape index (κ2) is 13.0. The minimum Gasteiger partial charge on any atom is -0.481 e. The molecule has 1 aliphatic carbocycles. The molecular formula is C30H29Cl2N3O5. The zero-order valence-corrected chi connectivity index (χ0v) is 23.3. The molecule has 40 heavy (non-hydrogen) atoms. The highest BCUT2D eigenvalue weighted by atomic mass is 35.5. The van der Waals surface area contributed by atoms with Gasteiger partial charge in [0.1, 0.15) is 0 Å². The number of carbonyl (C=O) groups is 4. The summed E-state index contributed by atoms with van der Waals surface area (Å²) in [5.74, 6) is -3.43. The third kappa shape index (κ3) is 7.20. The van der Waals surface area contributed by atoms with Crippen LogP contribution in [0.25, 0.3) is 0 Å². The molecule has 0 spiro atoms. The molecule has 10 heteroatoms. The molecule has 3 aromatic carbocycles. The van der Waals surface area contributed by atoms with E-state index in [-0.39, 0.29) is 46.2 Å². The second-order valence-corrected chi connectivity index (χ2v) is 10.6. The zero-order valence-electron chi connectivity index (χ0n) is 21.8. The number of halogens is 2. The van der Waals surface area contributed by atoms with Crippen molar-refractivity contribution in [1.82, 2.24) is 10.6 Å².